The number of hydrogen-bond donors (Lipinski definition) is 3. The van der Waals surface area contributed by atoms with E-state index in [1.807, 2.05) is 12.3 Å². The van der Waals surface area contributed by atoms with Crippen LogP contribution in [0.2, 0.25) is 0 Å². The lowest BCUT2D eigenvalue weighted by Gasteiger charge is -2.07. The first kappa shape index (κ1) is 14.6. The molecule has 0 saturated heterocycles. The van der Waals surface area contributed by atoms with E-state index < -0.39 is 6.10 Å². The van der Waals surface area contributed by atoms with E-state index in [1.54, 1.807) is 12.3 Å². The molecule has 7 nitrogen and oxygen atoms in total. The maximum absolute atomic E-state index is 11.8. The number of aromatic amines is 1. The zero-order valence-corrected chi connectivity index (χ0v) is 12.7. The predicted octanol–water partition coefficient (Wildman–Crippen LogP) is 1.62. The molecule has 0 aromatic carbocycles. The molecule has 0 radical (unpaired) electrons. The van der Waals surface area contributed by atoms with Gasteiger partial charge in [-0.2, -0.15) is 0 Å². The van der Waals surface area contributed by atoms with Gasteiger partial charge in [-0.3, -0.25) is 9.78 Å². The first-order valence-corrected chi connectivity index (χ1v) is 7.77. The van der Waals surface area contributed by atoms with Crippen molar-refractivity contribution in [2.45, 2.75) is 19.4 Å². The van der Waals surface area contributed by atoms with Crippen LogP contribution in [-0.2, 0) is 0 Å². The number of aliphatic hydroxyl groups excluding tert-OH is 1. The van der Waals surface area contributed by atoms with Crippen LogP contribution in [0.1, 0.15) is 13.3 Å². The Morgan fingerprint density at radius 2 is 2.32 bits per heavy atom. The molecular weight excluding hydrogens is 302 g/mol. The highest BCUT2D eigenvalue weighted by molar-refractivity contribution is 7.14. The molecule has 3 aromatic heterocycles. The van der Waals surface area contributed by atoms with Crippen molar-refractivity contribution < 1.29 is 5.11 Å². The van der Waals surface area contributed by atoms with Crippen LogP contribution in [0.15, 0.2) is 28.8 Å². The molecule has 114 valence electrons. The Bertz CT molecular complexity index is 844. The molecule has 1 atom stereocenters. The van der Waals surface area contributed by atoms with Crippen molar-refractivity contribution in [2.24, 2.45) is 0 Å². The number of pyridine rings is 1. The lowest BCUT2D eigenvalue weighted by atomic mass is 10.2. The molecule has 0 saturated carbocycles. The molecule has 0 amide bonds. The molecule has 0 bridgehead atoms. The summed E-state index contributed by atoms with van der Waals surface area (Å²) < 4.78 is 0. The van der Waals surface area contributed by atoms with Crippen LogP contribution in [0.4, 0.5) is 5.13 Å². The summed E-state index contributed by atoms with van der Waals surface area (Å²) in [5.74, 6) is 0. The third-order valence-corrected chi connectivity index (χ3v) is 4.07. The second-order valence-corrected chi connectivity index (χ2v) is 5.63. The maximum atomic E-state index is 11.8. The molecular formula is C14H15N5O2S. The molecule has 22 heavy (non-hydrogen) atoms. The number of nitrogens with one attached hydrogen (secondary N) is 2. The first-order valence-electron chi connectivity index (χ1n) is 6.89. The quantitative estimate of drug-likeness (QED) is 0.660. The monoisotopic (exact) mass is 317 g/mol. The van der Waals surface area contributed by atoms with Crippen LogP contribution in [0.3, 0.4) is 0 Å². The van der Waals surface area contributed by atoms with Crippen molar-refractivity contribution in [2.75, 3.05) is 11.9 Å². The molecule has 8 heteroatoms. The molecule has 0 aliphatic carbocycles. The van der Waals surface area contributed by atoms with Gasteiger partial charge in [0.25, 0.3) is 5.56 Å². The lowest BCUT2D eigenvalue weighted by Crippen LogP contribution is -2.17. The van der Waals surface area contributed by atoms with Crippen molar-refractivity contribution in [3.63, 3.8) is 0 Å². The van der Waals surface area contributed by atoms with E-state index in [9.17, 15) is 9.90 Å². The Hall–Kier alpha value is -2.32. The van der Waals surface area contributed by atoms with E-state index in [-0.39, 0.29) is 5.56 Å². The highest BCUT2D eigenvalue weighted by Gasteiger charge is 2.12. The van der Waals surface area contributed by atoms with Crippen molar-refractivity contribution in [3.05, 3.63) is 34.3 Å². The van der Waals surface area contributed by atoms with Crippen molar-refractivity contribution >= 4 is 27.4 Å². The summed E-state index contributed by atoms with van der Waals surface area (Å²) in [4.78, 5) is 27.3. The zero-order valence-electron chi connectivity index (χ0n) is 11.9. The Kier molecular flexibility index (Phi) is 4.12. The van der Waals surface area contributed by atoms with Gasteiger partial charge in [-0.05, 0) is 12.5 Å². The van der Waals surface area contributed by atoms with Gasteiger partial charge in [0, 0.05) is 18.1 Å². The minimum absolute atomic E-state index is 0.201. The van der Waals surface area contributed by atoms with Gasteiger partial charge in [-0.25, -0.2) is 9.97 Å². The van der Waals surface area contributed by atoms with Gasteiger partial charge in [-0.1, -0.05) is 6.92 Å². The lowest BCUT2D eigenvalue weighted by molar-refractivity contribution is 0.183. The number of fused-ring (bicyclic) bond motifs is 1. The SMILES string of the molecule is CCC(O)CNc1nc(-c2nccc3c(=O)[nH]cnc23)cs1. The van der Waals surface area contributed by atoms with Crippen LogP contribution in [-0.4, -0.2) is 37.7 Å². The minimum Gasteiger partial charge on any atom is -0.391 e. The van der Waals surface area contributed by atoms with Crippen LogP contribution in [0.5, 0.6) is 0 Å². The fourth-order valence-electron chi connectivity index (χ4n) is 2.00. The highest BCUT2D eigenvalue weighted by atomic mass is 32.1. The van der Waals surface area contributed by atoms with Crippen LogP contribution >= 0.6 is 11.3 Å². The van der Waals surface area contributed by atoms with Crippen LogP contribution < -0.4 is 10.9 Å². The second-order valence-electron chi connectivity index (χ2n) is 4.77. The van der Waals surface area contributed by atoms with Gasteiger partial charge in [0.15, 0.2) is 5.13 Å². The van der Waals surface area contributed by atoms with Crippen molar-refractivity contribution in [1.29, 1.82) is 0 Å². The molecule has 0 aliphatic rings. The number of thiazole rings is 1. The Morgan fingerprint density at radius 1 is 1.45 bits per heavy atom. The predicted molar refractivity (Wildman–Crippen MR) is 86.1 cm³/mol. The fourth-order valence-corrected chi connectivity index (χ4v) is 2.71. The summed E-state index contributed by atoms with van der Waals surface area (Å²) in [6.07, 6.45) is 3.21. The number of hydrogen-bond acceptors (Lipinski definition) is 7. The van der Waals surface area contributed by atoms with Gasteiger partial charge in [0.1, 0.15) is 16.9 Å². The molecule has 3 N–H and O–H groups in total. The first-order chi connectivity index (χ1) is 10.7. The summed E-state index contributed by atoms with van der Waals surface area (Å²) in [6.45, 7) is 2.37. The van der Waals surface area contributed by atoms with Gasteiger partial charge in [0.2, 0.25) is 0 Å². The zero-order chi connectivity index (χ0) is 15.5. The number of H-pyrrole nitrogens is 1. The summed E-state index contributed by atoms with van der Waals surface area (Å²) in [5, 5.41) is 15.7. The molecule has 0 spiro atoms. The van der Waals surface area contributed by atoms with Crippen molar-refractivity contribution in [1.82, 2.24) is 19.9 Å². The van der Waals surface area contributed by atoms with E-state index in [0.717, 1.165) is 0 Å². The van der Waals surface area contributed by atoms with E-state index >= 15 is 0 Å². The average Bonchev–Trinajstić information content (AvgIpc) is 3.01. The van der Waals surface area contributed by atoms with E-state index in [4.69, 9.17) is 0 Å². The van der Waals surface area contributed by atoms with E-state index in [2.05, 4.69) is 25.3 Å². The molecule has 3 heterocycles. The molecule has 1 unspecified atom stereocenters. The third kappa shape index (κ3) is 2.83. The number of aliphatic hydroxyl groups is 1. The fraction of sp³-hybridized carbons (Fsp3) is 0.286. The third-order valence-electron chi connectivity index (χ3n) is 3.27. The Balaban J connectivity index is 1.94. The number of nitrogens with zero attached hydrogens (tertiary/aromatic N) is 3. The molecule has 0 fully saturated rings. The van der Waals surface area contributed by atoms with E-state index in [0.29, 0.717) is 40.4 Å². The van der Waals surface area contributed by atoms with Gasteiger partial charge in [-0.15, -0.1) is 11.3 Å². The average molecular weight is 317 g/mol. The van der Waals surface area contributed by atoms with Crippen LogP contribution in [0, 0.1) is 0 Å². The van der Waals surface area contributed by atoms with Gasteiger partial charge < -0.3 is 15.4 Å². The molecule has 3 aromatic rings. The van der Waals surface area contributed by atoms with Crippen LogP contribution in [0.25, 0.3) is 22.3 Å². The van der Waals surface area contributed by atoms with Gasteiger partial charge >= 0.3 is 0 Å². The molecule has 3 rings (SSSR count). The normalized spacial score (nSPS) is 12.5. The van der Waals surface area contributed by atoms with Gasteiger partial charge in [0.05, 0.1) is 17.8 Å². The smallest absolute Gasteiger partial charge is 0.258 e. The molecule has 0 aliphatic heterocycles. The number of rotatable bonds is 5. The largest absolute Gasteiger partial charge is 0.391 e. The summed E-state index contributed by atoms with van der Waals surface area (Å²) in [6, 6.07) is 1.63. The highest BCUT2D eigenvalue weighted by Crippen LogP contribution is 2.26. The Morgan fingerprint density at radius 3 is 3.14 bits per heavy atom. The summed E-state index contributed by atoms with van der Waals surface area (Å²) in [7, 11) is 0. The topological polar surface area (TPSA) is 104 Å². The number of aromatic nitrogens is 4. The maximum Gasteiger partial charge on any atom is 0.258 e. The van der Waals surface area contributed by atoms with E-state index in [1.165, 1.54) is 17.7 Å². The standard InChI is InChI=1S/C14H15N5O2S/c1-2-8(20)5-16-14-19-10(6-22-14)12-11-9(3-4-15-12)13(21)18-7-17-11/h3-4,6-8,20H,2,5H2,1H3,(H,16,19)(H,17,18,21). The Labute approximate surface area is 130 Å². The van der Waals surface area contributed by atoms with Crippen molar-refractivity contribution in [3.8, 4) is 11.4 Å². The second kappa shape index (κ2) is 6.20. The summed E-state index contributed by atoms with van der Waals surface area (Å²) in [5.41, 5.74) is 1.55. The number of anilines is 1. The summed E-state index contributed by atoms with van der Waals surface area (Å²) >= 11 is 1.42. The minimum atomic E-state index is -0.400.